The molecule has 0 unspecified atom stereocenters. The van der Waals surface area contributed by atoms with Gasteiger partial charge in [-0.25, -0.2) is 14.8 Å². The molecule has 0 amide bonds. The smallest absolute Gasteiger partial charge is 0.358 e. The third-order valence-electron chi connectivity index (χ3n) is 3.92. The molecule has 8 nitrogen and oxygen atoms in total. The van der Waals surface area contributed by atoms with Crippen molar-refractivity contribution in [2.75, 3.05) is 59.0 Å². The summed E-state index contributed by atoms with van der Waals surface area (Å²) in [6.07, 6.45) is 1.57. The minimum atomic E-state index is -1.12. The Hall–Kier alpha value is -1.55. The SMILES string of the molecule is O=C(O)c1nc(N2CCS(=O)CC2)cnc1N1CCS(=O)CC1. The van der Waals surface area contributed by atoms with Crippen LogP contribution in [-0.2, 0) is 21.6 Å². The number of hydrogen-bond donors (Lipinski definition) is 1. The first kappa shape index (κ1) is 16.3. The predicted octanol–water partition coefficient (Wildman–Crippen LogP) is -0.688. The molecule has 0 spiro atoms. The molecule has 23 heavy (non-hydrogen) atoms. The molecule has 2 fully saturated rings. The highest BCUT2D eigenvalue weighted by atomic mass is 32.2. The lowest BCUT2D eigenvalue weighted by Crippen LogP contribution is -2.40. The van der Waals surface area contributed by atoms with E-state index in [9.17, 15) is 18.3 Å². The maximum atomic E-state index is 11.6. The largest absolute Gasteiger partial charge is 0.476 e. The molecule has 1 aromatic heterocycles. The third kappa shape index (κ3) is 3.69. The van der Waals surface area contributed by atoms with Gasteiger partial charge in [0.15, 0.2) is 11.5 Å². The molecule has 3 heterocycles. The summed E-state index contributed by atoms with van der Waals surface area (Å²) in [5.74, 6) is 1.86. The van der Waals surface area contributed by atoms with Gasteiger partial charge >= 0.3 is 5.97 Å². The summed E-state index contributed by atoms with van der Waals surface area (Å²) in [5.41, 5.74) is -0.0816. The van der Waals surface area contributed by atoms with Crippen LogP contribution >= 0.6 is 0 Å². The lowest BCUT2D eigenvalue weighted by atomic mass is 10.3. The minimum absolute atomic E-state index is 0.0816. The summed E-state index contributed by atoms with van der Waals surface area (Å²) in [4.78, 5) is 23.9. The van der Waals surface area contributed by atoms with E-state index in [0.717, 1.165) is 0 Å². The second-order valence-corrected chi connectivity index (χ2v) is 8.77. The zero-order valence-electron chi connectivity index (χ0n) is 12.5. The summed E-state index contributed by atoms with van der Waals surface area (Å²) in [6.45, 7) is 2.21. The van der Waals surface area contributed by atoms with Crippen LogP contribution in [0.4, 0.5) is 11.6 Å². The van der Waals surface area contributed by atoms with Crippen molar-refractivity contribution in [3.63, 3.8) is 0 Å². The molecule has 10 heteroatoms. The highest BCUT2D eigenvalue weighted by molar-refractivity contribution is 7.85. The summed E-state index contributed by atoms with van der Waals surface area (Å²) < 4.78 is 22.9. The van der Waals surface area contributed by atoms with Crippen LogP contribution in [-0.4, -0.2) is 78.7 Å². The Bertz CT molecular complexity index is 649. The number of carbonyl (C=O) groups is 1. The lowest BCUT2D eigenvalue weighted by Gasteiger charge is -2.30. The average molecular weight is 358 g/mol. The van der Waals surface area contributed by atoms with Crippen molar-refractivity contribution in [2.45, 2.75) is 0 Å². The number of carboxylic acid groups (broad SMARTS) is 1. The van der Waals surface area contributed by atoms with Crippen LogP contribution in [0.5, 0.6) is 0 Å². The van der Waals surface area contributed by atoms with Crippen molar-refractivity contribution >= 4 is 39.2 Å². The van der Waals surface area contributed by atoms with Crippen molar-refractivity contribution in [1.29, 1.82) is 0 Å². The second kappa shape index (κ2) is 6.91. The third-order valence-corrected chi connectivity index (χ3v) is 6.47. The summed E-state index contributed by atoms with van der Waals surface area (Å²) >= 11 is 0. The van der Waals surface area contributed by atoms with Crippen LogP contribution in [0, 0.1) is 0 Å². The molecule has 2 saturated heterocycles. The first-order chi connectivity index (χ1) is 11.0. The first-order valence-electron chi connectivity index (χ1n) is 7.35. The zero-order chi connectivity index (χ0) is 16.4. The Balaban J connectivity index is 1.85. The van der Waals surface area contributed by atoms with Crippen LogP contribution < -0.4 is 9.80 Å². The van der Waals surface area contributed by atoms with E-state index in [0.29, 0.717) is 60.8 Å². The topological polar surface area (TPSA) is 104 Å². The second-order valence-electron chi connectivity index (χ2n) is 5.38. The quantitative estimate of drug-likeness (QED) is 0.757. The van der Waals surface area contributed by atoms with Gasteiger partial charge in [0.05, 0.1) is 6.20 Å². The number of carboxylic acids is 1. The Kier molecular flexibility index (Phi) is 4.90. The van der Waals surface area contributed by atoms with Crippen molar-refractivity contribution < 1.29 is 18.3 Å². The van der Waals surface area contributed by atoms with E-state index in [1.807, 2.05) is 9.80 Å². The molecule has 126 valence electrons. The van der Waals surface area contributed by atoms with E-state index in [4.69, 9.17) is 0 Å². The van der Waals surface area contributed by atoms with Gasteiger partial charge < -0.3 is 14.9 Å². The minimum Gasteiger partial charge on any atom is -0.476 e. The molecular formula is C13H18N4O4S2. The molecule has 0 saturated carbocycles. The molecule has 1 N–H and O–H groups in total. The molecule has 0 aliphatic carbocycles. The molecule has 1 aromatic rings. The summed E-state index contributed by atoms with van der Waals surface area (Å²) in [5, 5.41) is 9.46. The van der Waals surface area contributed by atoms with E-state index < -0.39 is 27.6 Å². The number of aromatic carboxylic acids is 1. The molecular weight excluding hydrogens is 340 g/mol. The van der Waals surface area contributed by atoms with Gasteiger partial charge in [-0.1, -0.05) is 0 Å². The van der Waals surface area contributed by atoms with E-state index in [-0.39, 0.29) is 5.69 Å². The van der Waals surface area contributed by atoms with Gasteiger partial charge in [0.2, 0.25) is 0 Å². The van der Waals surface area contributed by atoms with Crippen LogP contribution in [0.15, 0.2) is 6.20 Å². The van der Waals surface area contributed by atoms with Crippen molar-refractivity contribution in [2.24, 2.45) is 0 Å². The fourth-order valence-electron chi connectivity index (χ4n) is 2.62. The van der Waals surface area contributed by atoms with Crippen LogP contribution in [0.2, 0.25) is 0 Å². The fraction of sp³-hybridized carbons (Fsp3) is 0.615. The summed E-state index contributed by atoms with van der Waals surface area (Å²) in [6, 6.07) is 0. The zero-order valence-corrected chi connectivity index (χ0v) is 14.1. The maximum absolute atomic E-state index is 11.6. The van der Waals surface area contributed by atoms with Crippen LogP contribution in [0.3, 0.4) is 0 Å². The Morgan fingerprint density at radius 3 is 2.04 bits per heavy atom. The summed E-state index contributed by atoms with van der Waals surface area (Å²) in [7, 11) is -1.64. The van der Waals surface area contributed by atoms with Crippen molar-refractivity contribution in [1.82, 2.24) is 9.97 Å². The van der Waals surface area contributed by atoms with E-state index in [1.165, 1.54) is 0 Å². The van der Waals surface area contributed by atoms with Gasteiger partial charge in [0.1, 0.15) is 5.82 Å². The monoisotopic (exact) mass is 358 g/mol. The number of hydrogen-bond acceptors (Lipinski definition) is 7. The van der Waals surface area contributed by atoms with Gasteiger partial charge in [-0.2, -0.15) is 0 Å². The Labute approximate surface area is 138 Å². The van der Waals surface area contributed by atoms with E-state index in [1.54, 1.807) is 6.20 Å². The number of anilines is 2. The number of aromatic nitrogens is 2. The number of nitrogens with zero attached hydrogens (tertiary/aromatic N) is 4. The van der Waals surface area contributed by atoms with Gasteiger partial charge in [-0.3, -0.25) is 8.42 Å². The molecule has 0 bridgehead atoms. The Morgan fingerprint density at radius 1 is 1.00 bits per heavy atom. The maximum Gasteiger partial charge on any atom is 0.358 e. The van der Waals surface area contributed by atoms with Crippen molar-refractivity contribution in [3.05, 3.63) is 11.9 Å². The molecule has 0 radical (unpaired) electrons. The average Bonchev–Trinajstić information content (AvgIpc) is 2.56. The standard InChI is InChI=1S/C13H18N4O4S2/c18-13(19)11-12(17-3-7-23(21)8-4-17)14-9-10(15-11)16-1-5-22(20)6-2-16/h9H,1-8H2,(H,18,19). The van der Waals surface area contributed by atoms with Gasteiger partial charge in [-0.15, -0.1) is 0 Å². The molecule has 0 aromatic carbocycles. The van der Waals surface area contributed by atoms with E-state index in [2.05, 4.69) is 9.97 Å². The van der Waals surface area contributed by atoms with Gasteiger partial charge in [-0.05, 0) is 0 Å². The molecule has 2 aliphatic heterocycles. The first-order valence-corrected chi connectivity index (χ1v) is 10.3. The molecule has 3 rings (SSSR count). The van der Waals surface area contributed by atoms with E-state index >= 15 is 0 Å². The van der Waals surface area contributed by atoms with Gasteiger partial charge in [0, 0.05) is 70.8 Å². The highest BCUT2D eigenvalue weighted by Gasteiger charge is 2.25. The van der Waals surface area contributed by atoms with Crippen LogP contribution in [0.25, 0.3) is 0 Å². The van der Waals surface area contributed by atoms with Gasteiger partial charge in [0.25, 0.3) is 0 Å². The lowest BCUT2D eigenvalue weighted by molar-refractivity contribution is 0.0691. The van der Waals surface area contributed by atoms with Crippen LogP contribution in [0.1, 0.15) is 10.5 Å². The van der Waals surface area contributed by atoms with Crippen molar-refractivity contribution in [3.8, 4) is 0 Å². The highest BCUT2D eigenvalue weighted by Crippen LogP contribution is 2.22. The molecule has 0 atom stereocenters. The fourth-order valence-corrected chi connectivity index (χ4v) is 4.72. The number of rotatable bonds is 3. The predicted molar refractivity (Wildman–Crippen MR) is 89.2 cm³/mol. The molecule has 2 aliphatic rings. The Morgan fingerprint density at radius 2 is 1.52 bits per heavy atom. The normalized spacial score (nSPS) is 20.7.